The van der Waals surface area contributed by atoms with Gasteiger partial charge in [-0.25, -0.2) is 0 Å². The number of nitrogens with zero attached hydrogens (tertiary/aromatic N) is 1. The van der Waals surface area contributed by atoms with E-state index in [1.165, 1.54) is 5.56 Å². The van der Waals surface area contributed by atoms with Crippen LogP contribution < -0.4 is 10.5 Å². The Morgan fingerprint density at radius 2 is 2.19 bits per heavy atom. The van der Waals surface area contributed by atoms with E-state index in [0.29, 0.717) is 12.6 Å². The summed E-state index contributed by atoms with van der Waals surface area (Å²) in [6.07, 6.45) is 1.06. The normalized spacial score (nSPS) is 25.9. The maximum absolute atomic E-state index is 6.17. The summed E-state index contributed by atoms with van der Waals surface area (Å²) in [6.45, 7) is 3.77. The van der Waals surface area contributed by atoms with Crippen molar-refractivity contribution in [2.24, 2.45) is 5.73 Å². The summed E-state index contributed by atoms with van der Waals surface area (Å²) in [5.41, 5.74) is 7.39. The zero-order valence-electron chi connectivity index (χ0n) is 10.0. The molecular formula is C13H20N2O. The van der Waals surface area contributed by atoms with Crippen molar-refractivity contribution in [1.82, 2.24) is 4.90 Å². The summed E-state index contributed by atoms with van der Waals surface area (Å²) in [5, 5.41) is 0. The highest BCUT2D eigenvalue weighted by molar-refractivity contribution is 5.37. The molecule has 0 aliphatic carbocycles. The van der Waals surface area contributed by atoms with Crippen LogP contribution in [-0.4, -0.2) is 31.1 Å². The minimum atomic E-state index is 0.214. The van der Waals surface area contributed by atoms with Crippen LogP contribution in [0.25, 0.3) is 0 Å². The highest BCUT2D eigenvalue weighted by atomic mass is 16.5. The second kappa shape index (κ2) is 4.85. The fourth-order valence-corrected chi connectivity index (χ4v) is 2.46. The van der Waals surface area contributed by atoms with Crippen molar-refractivity contribution in [3.8, 4) is 5.75 Å². The van der Waals surface area contributed by atoms with Gasteiger partial charge in [0.05, 0.1) is 12.6 Å². The molecule has 1 heterocycles. The Kier molecular flexibility index (Phi) is 3.46. The van der Waals surface area contributed by atoms with Crippen molar-refractivity contribution in [3.05, 3.63) is 29.8 Å². The first-order valence-electron chi connectivity index (χ1n) is 5.91. The van der Waals surface area contributed by atoms with Crippen LogP contribution in [0.4, 0.5) is 0 Å². The van der Waals surface area contributed by atoms with Crippen LogP contribution >= 0.6 is 0 Å². The highest BCUT2D eigenvalue weighted by Crippen LogP contribution is 2.35. The number of rotatable bonds is 3. The van der Waals surface area contributed by atoms with Crippen LogP contribution in [0.5, 0.6) is 5.75 Å². The van der Waals surface area contributed by atoms with E-state index in [4.69, 9.17) is 10.5 Å². The minimum Gasteiger partial charge on any atom is -0.494 e. The average Bonchev–Trinajstić information content (AvgIpc) is 2.60. The van der Waals surface area contributed by atoms with Gasteiger partial charge in [-0.3, -0.25) is 4.90 Å². The number of ether oxygens (including phenoxy) is 1. The van der Waals surface area contributed by atoms with Crippen molar-refractivity contribution in [1.29, 1.82) is 0 Å². The van der Waals surface area contributed by atoms with Gasteiger partial charge in [0.1, 0.15) is 5.75 Å². The maximum Gasteiger partial charge on any atom is 0.124 e. The second-order valence-corrected chi connectivity index (χ2v) is 4.35. The molecule has 1 saturated heterocycles. The number of para-hydroxylation sites is 1. The first-order chi connectivity index (χ1) is 7.74. The van der Waals surface area contributed by atoms with E-state index >= 15 is 0 Å². The van der Waals surface area contributed by atoms with E-state index in [0.717, 1.165) is 18.7 Å². The topological polar surface area (TPSA) is 38.5 Å². The lowest BCUT2D eigenvalue weighted by Gasteiger charge is -2.25. The summed E-state index contributed by atoms with van der Waals surface area (Å²) in [7, 11) is 2.13. The summed E-state index contributed by atoms with van der Waals surface area (Å²) in [5.74, 6) is 0.971. The van der Waals surface area contributed by atoms with E-state index in [9.17, 15) is 0 Å². The largest absolute Gasteiger partial charge is 0.494 e. The zero-order chi connectivity index (χ0) is 11.5. The van der Waals surface area contributed by atoms with Crippen molar-refractivity contribution >= 4 is 0 Å². The standard InChI is InChI=1S/C13H20N2O/c1-3-16-12-7-5-4-6-10(12)13-11(14)8-9-15(13)2/h4-7,11,13H,3,8-9,14H2,1-2H3. The summed E-state index contributed by atoms with van der Waals surface area (Å²) < 4.78 is 5.66. The zero-order valence-corrected chi connectivity index (χ0v) is 10.0. The average molecular weight is 220 g/mol. The molecule has 0 bridgehead atoms. The molecule has 1 aliphatic heterocycles. The van der Waals surface area contributed by atoms with Gasteiger partial charge in [-0.05, 0) is 26.5 Å². The van der Waals surface area contributed by atoms with Crippen molar-refractivity contribution in [3.63, 3.8) is 0 Å². The second-order valence-electron chi connectivity index (χ2n) is 4.35. The molecule has 2 rings (SSSR count). The molecule has 1 aromatic carbocycles. The summed E-state index contributed by atoms with van der Waals surface area (Å²) >= 11 is 0. The van der Waals surface area contributed by atoms with Gasteiger partial charge in [-0.1, -0.05) is 18.2 Å². The van der Waals surface area contributed by atoms with Crippen molar-refractivity contribution in [2.45, 2.75) is 25.4 Å². The van der Waals surface area contributed by atoms with E-state index in [-0.39, 0.29) is 6.04 Å². The van der Waals surface area contributed by atoms with Crippen LogP contribution in [-0.2, 0) is 0 Å². The SMILES string of the molecule is CCOc1ccccc1C1C(N)CCN1C. The molecule has 0 saturated carbocycles. The Labute approximate surface area is 97.2 Å². The van der Waals surface area contributed by atoms with Crippen LogP contribution in [0.15, 0.2) is 24.3 Å². The Balaban J connectivity index is 2.31. The quantitative estimate of drug-likeness (QED) is 0.844. The van der Waals surface area contributed by atoms with Crippen molar-refractivity contribution in [2.75, 3.05) is 20.2 Å². The van der Waals surface area contributed by atoms with Gasteiger partial charge in [0.15, 0.2) is 0 Å². The van der Waals surface area contributed by atoms with Crippen molar-refractivity contribution < 1.29 is 4.74 Å². The molecule has 1 fully saturated rings. The van der Waals surface area contributed by atoms with Crippen LogP contribution in [0.3, 0.4) is 0 Å². The van der Waals surface area contributed by atoms with Gasteiger partial charge in [0, 0.05) is 18.2 Å². The molecule has 3 nitrogen and oxygen atoms in total. The third-order valence-corrected chi connectivity index (χ3v) is 3.23. The van der Waals surface area contributed by atoms with E-state index < -0.39 is 0 Å². The van der Waals surface area contributed by atoms with Crippen LogP contribution in [0.1, 0.15) is 24.9 Å². The van der Waals surface area contributed by atoms with Crippen LogP contribution in [0, 0.1) is 0 Å². The lowest BCUT2D eigenvalue weighted by molar-refractivity contribution is 0.282. The summed E-state index contributed by atoms with van der Waals surface area (Å²) in [4.78, 5) is 2.31. The predicted molar refractivity (Wildman–Crippen MR) is 65.6 cm³/mol. The van der Waals surface area contributed by atoms with Gasteiger partial charge in [-0.15, -0.1) is 0 Å². The Hall–Kier alpha value is -1.06. The molecule has 16 heavy (non-hydrogen) atoms. The fourth-order valence-electron chi connectivity index (χ4n) is 2.46. The number of likely N-dealkylation sites (tertiary alicyclic amines) is 1. The molecule has 1 aliphatic rings. The Bertz CT molecular complexity index is 344. The monoisotopic (exact) mass is 220 g/mol. The molecular weight excluding hydrogens is 200 g/mol. The van der Waals surface area contributed by atoms with E-state index in [1.54, 1.807) is 0 Å². The number of hydrogen-bond acceptors (Lipinski definition) is 3. The number of likely N-dealkylation sites (N-methyl/N-ethyl adjacent to an activating group) is 1. The molecule has 2 atom stereocenters. The third-order valence-electron chi connectivity index (χ3n) is 3.23. The molecule has 3 heteroatoms. The summed E-state index contributed by atoms with van der Waals surface area (Å²) in [6, 6.07) is 8.72. The number of hydrogen-bond donors (Lipinski definition) is 1. The lowest BCUT2D eigenvalue weighted by atomic mass is 10.00. The Morgan fingerprint density at radius 1 is 1.44 bits per heavy atom. The lowest BCUT2D eigenvalue weighted by Crippen LogP contribution is -2.29. The molecule has 0 spiro atoms. The van der Waals surface area contributed by atoms with Crippen LogP contribution in [0.2, 0.25) is 0 Å². The molecule has 1 aromatic rings. The number of benzene rings is 1. The first-order valence-corrected chi connectivity index (χ1v) is 5.91. The fraction of sp³-hybridized carbons (Fsp3) is 0.538. The van der Waals surface area contributed by atoms with E-state index in [2.05, 4.69) is 24.1 Å². The Morgan fingerprint density at radius 3 is 2.81 bits per heavy atom. The number of nitrogens with two attached hydrogens (primary N) is 1. The molecule has 0 radical (unpaired) electrons. The molecule has 0 aromatic heterocycles. The van der Waals surface area contributed by atoms with Gasteiger partial charge >= 0.3 is 0 Å². The molecule has 88 valence electrons. The first kappa shape index (κ1) is 11.4. The predicted octanol–water partition coefficient (Wildman–Crippen LogP) is 1.79. The minimum absolute atomic E-state index is 0.214. The molecule has 2 unspecified atom stereocenters. The van der Waals surface area contributed by atoms with Gasteiger partial charge in [0.25, 0.3) is 0 Å². The van der Waals surface area contributed by atoms with Gasteiger partial charge in [0.2, 0.25) is 0 Å². The van der Waals surface area contributed by atoms with Gasteiger partial charge in [-0.2, -0.15) is 0 Å². The maximum atomic E-state index is 6.17. The van der Waals surface area contributed by atoms with E-state index in [1.807, 2.05) is 19.1 Å². The smallest absolute Gasteiger partial charge is 0.124 e. The van der Waals surface area contributed by atoms with Gasteiger partial charge < -0.3 is 10.5 Å². The molecule has 2 N–H and O–H groups in total. The highest BCUT2D eigenvalue weighted by Gasteiger charge is 2.31. The molecule has 0 amide bonds. The third kappa shape index (κ3) is 2.06.